The molecule has 1 aromatic heterocycles. The van der Waals surface area contributed by atoms with E-state index in [0.29, 0.717) is 31.6 Å². The number of halogens is 1. The molecule has 0 unspecified atom stereocenters. The molecule has 1 fully saturated rings. The summed E-state index contributed by atoms with van der Waals surface area (Å²) in [5, 5.41) is 14.5. The van der Waals surface area contributed by atoms with Crippen LogP contribution in [0.1, 0.15) is 28.8 Å². The summed E-state index contributed by atoms with van der Waals surface area (Å²) in [5.41, 5.74) is 6.11. The fourth-order valence-corrected chi connectivity index (χ4v) is 4.20. The number of rotatable bonds is 11. The third kappa shape index (κ3) is 8.28. The van der Waals surface area contributed by atoms with Crippen molar-refractivity contribution in [3.63, 3.8) is 0 Å². The summed E-state index contributed by atoms with van der Waals surface area (Å²) in [5.74, 6) is -1.21. The summed E-state index contributed by atoms with van der Waals surface area (Å²) >= 11 is 5.93. The molecule has 0 bridgehead atoms. The predicted molar refractivity (Wildman–Crippen MR) is 141 cm³/mol. The molecular formula is C25H32ClN5O7. The van der Waals surface area contributed by atoms with Crippen molar-refractivity contribution in [1.82, 2.24) is 15.2 Å². The van der Waals surface area contributed by atoms with Gasteiger partial charge >= 0.3 is 5.97 Å². The number of hydrogen-bond donors (Lipinski definition) is 5. The minimum absolute atomic E-state index is 0.0134. The van der Waals surface area contributed by atoms with Crippen molar-refractivity contribution in [3.8, 4) is 0 Å². The Hall–Kier alpha value is -3.45. The number of aromatic amines is 1. The van der Waals surface area contributed by atoms with Gasteiger partial charge in [0.1, 0.15) is 11.4 Å². The van der Waals surface area contributed by atoms with E-state index in [2.05, 4.69) is 15.6 Å². The molecule has 13 heteroatoms. The van der Waals surface area contributed by atoms with Gasteiger partial charge in [0.2, 0.25) is 5.91 Å². The first-order valence-corrected chi connectivity index (χ1v) is 12.5. The van der Waals surface area contributed by atoms with Crippen molar-refractivity contribution in [2.45, 2.75) is 31.4 Å². The van der Waals surface area contributed by atoms with E-state index in [1.807, 2.05) is 4.90 Å². The molecule has 3 rings (SSSR count). The van der Waals surface area contributed by atoms with Crippen LogP contribution in [0.25, 0.3) is 0 Å². The molecule has 2 atom stereocenters. The normalized spacial score (nSPS) is 17.6. The SMILES string of the molecule is CO[C@H]1CN(CC(=O)Nc2ccc(CC(=O)OCCCO)cc2)CC[C@H]1NC(=O)c1cc(Cl)c(N)[nH]c1=O. The van der Waals surface area contributed by atoms with Crippen LogP contribution in [0.2, 0.25) is 5.02 Å². The number of hydrogen-bond acceptors (Lipinski definition) is 9. The number of ether oxygens (including phenoxy) is 2. The van der Waals surface area contributed by atoms with E-state index < -0.39 is 17.6 Å². The van der Waals surface area contributed by atoms with E-state index >= 15 is 0 Å². The number of aromatic nitrogens is 1. The second-order valence-corrected chi connectivity index (χ2v) is 9.28. The number of piperidine rings is 1. The van der Waals surface area contributed by atoms with E-state index in [1.165, 1.54) is 13.2 Å². The molecule has 1 aliphatic rings. The second kappa shape index (κ2) is 13.9. The Morgan fingerprint density at radius 1 is 1.26 bits per heavy atom. The number of pyridine rings is 1. The third-order valence-electron chi connectivity index (χ3n) is 6.05. The van der Waals surface area contributed by atoms with E-state index in [4.69, 9.17) is 31.9 Å². The molecule has 1 saturated heterocycles. The standard InChI is InChI=1S/C25H32ClN5O7/c1-37-20-13-31(8-7-19(20)29-24(35)17-12-18(26)23(27)30-25(17)36)14-21(33)28-16-5-3-15(4-6-16)11-22(34)38-10-2-9-32/h3-6,12,19-20,32H,2,7-11,13-14H2,1H3,(H,28,33)(H,29,35)(H3,27,30,36)/t19-,20+/m1/s1. The van der Waals surface area contributed by atoms with Gasteiger partial charge in [-0.1, -0.05) is 23.7 Å². The van der Waals surface area contributed by atoms with Crippen LogP contribution in [-0.2, 0) is 25.5 Å². The van der Waals surface area contributed by atoms with Gasteiger partial charge in [-0.05, 0) is 30.2 Å². The highest BCUT2D eigenvalue weighted by molar-refractivity contribution is 6.33. The van der Waals surface area contributed by atoms with Gasteiger partial charge < -0.3 is 35.9 Å². The van der Waals surface area contributed by atoms with Crippen LogP contribution in [0.5, 0.6) is 0 Å². The summed E-state index contributed by atoms with van der Waals surface area (Å²) in [4.78, 5) is 53.4. The number of carbonyl (C=O) groups excluding carboxylic acids is 3. The number of carbonyl (C=O) groups is 3. The van der Waals surface area contributed by atoms with Gasteiger partial charge in [-0.15, -0.1) is 0 Å². The Labute approximate surface area is 224 Å². The maximum absolute atomic E-state index is 12.7. The van der Waals surface area contributed by atoms with Gasteiger partial charge in [-0.3, -0.25) is 24.1 Å². The lowest BCUT2D eigenvalue weighted by Gasteiger charge is -2.37. The highest BCUT2D eigenvalue weighted by atomic mass is 35.5. The number of amides is 2. The molecule has 0 aliphatic carbocycles. The number of aliphatic hydroxyl groups is 1. The first-order chi connectivity index (χ1) is 18.2. The van der Waals surface area contributed by atoms with Crippen molar-refractivity contribution < 1.29 is 29.0 Å². The van der Waals surface area contributed by atoms with E-state index in [0.717, 1.165) is 5.56 Å². The Morgan fingerprint density at radius 2 is 2.00 bits per heavy atom. The summed E-state index contributed by atoms with van der Waals surface area (Å²) in [6.07, 6.45) is 0.596. The maximum Gasteiger partial charge on any atom is 0.310 e. The fourth-order valence-electron chi connectivity index (χ4n) is 4.04. The quantitative estimate of drug-likeness (QED) is 0.198. The van der Waals surface area contributed by atoms with Crippen LogP contribution in [-0.4, -0.2) is 84.9 Å². The highest BCUT2D eigenvalue weighted by Gasteiger charge is 2.32. The van der Waals surface area contributed by atoms with Gasteiger partial charge in [-0.2, -0.15) is 0 Å². The molecule has 0 radical (unpaired) electrons. The molecule has 12 nitrogen and oxygen atoms in total. The highest BCUT2D eigenvalue weighted by Crippen LogP contribution is 2.17. The van der Waals surface area contributed by atoms with Crippen molar-refractivity contribution >= 4 is 40.9 Å². The molecule has 1 aromatic carbocycles. The Balaban J connectivity index is 1.48. The van der Waals surface area contributed by atoms with Crippen LogP contribution in [0.3, 0.4) is 0 Å². The number of likely N-dealkylation sites (tertiary alicyclic amines) is 1. The summed E-state index contributed by atoms with van der Waals surface area (Å²) in [6, 6.07) is 7.74. The predicted octanol–water partition coefficient (Wildman–Crippen LogP) is 0.536. The lowest BCUT2D eigenvalue weighted by Crippen LogP contribution is -2.56. The van der Waals surface area contributed by atoms with Crippen LogP contribution in [0.4, 0.5) is 11.5 Å². The number of H-pyrrole nitrogens is 1. The lowest BCUT2D eigenvalue weighted by molar-refractivity contribution is -0.143. The first-order valence-electron chi connectivity index (χ1n) is 12.1. The number of nitrogens with two attached hydrogens (primary N) is 1. The number of benzene rings is 1. The molecule has 0 saturated carbocycles. The molecule has 2 aromatic rings. The van der Waals surface area contributed by atoms with Crippen LogP contribution in [0.15, 0.2) is 35.1 Å². The van der Waals surface area contributed by atoms with Gasteiger partial charge in [-0.25, -0.2) is 0 Å². The topological polar surface area (TPSA) is 176 Å². The molecule has 38 heavy (non-hydrogen) atoms. The number of esters is 1. The Morgan fingerprint density at radius 3 is 2.68 bits per heavy atom. The van der Waals surface area contributed by atoms with Crippen molar-refractivity contribution in [3.05, 3.63) is 56.8 Å². The Kier molecular flexibility index (Phi) is 10.7. The van der Waals surface area contributed by atoms with E-state index in [9.17, 15) is 19.2 Å². The first kappa shape index (κ1) is 29.1. The van der Waals surface area contributed by atoms with Crippen LogP contribution >= 0.6 is 11.6 Å². The average molecular weight is 550 g/mol. The number of anilines is 2. The zero-order valence-corrected chi connectivity index (χ0v) is 21.8. The fraction of sp³-hybridized carbons (Fsp3) is 0.440. The molecule has 206 valence electrons. The number of aliphatic hydroxyl groups excluding tert-OH is 1. The number of nitrogens with one attached hydrogen (secondary N) is 3. The minimum Gasteiger partial charge on any atom is -0.465 e. The summed E-state index contributed by atoms with van der Waals surface area (Å²) in [6.45, 7) is 1.17. The maximum atomic E-state index is 12.7. The number of nitrogen functional groups attached to an aromatic ring is 1. The van der Waals surface area contributed by atoms with Crippen molar-refractivity contribution in [1.29, 1.82) is 0 Å². The van der Waals surface area contributed by atoms with E-state index in [-0.39, 0.29) is 60.5 Å². The smallest absolute Gasteiger partial charge is 0.310 e. The molecule has 2 amide bonds. The Bertz CT molecular complexity index is 1190. The third-order valence-corrected chi connectivity index (χ3v) is 6.36. The van der Waals surface area contributed by atoms with Crippen molar-refractivity contribution in [2.75, 3.05) is 51.0 Å². The molecule has 0 spiro atoms. The zero-order chi connectivity index (χ0) is 27.7. The monoisotopic (exact) mass is 549 g/mol. The van der Waals surface area contributed by atoms with E-state index in [1.54, 1.807) is 24.3 Å². The number of nitrogens with zero attached hydrogens (tertiary/aromatic N) is 1. The molecule has 1 aliphatic heterocycles. The molecular weight excluding hydrogens is 518 g/mol. The summed E-state index contributed by atoms with van der Waals surface area (Å²) < 4.78 is 10.6. The lowest BCUT2D eigenvalue weighted by atomic mass is 10.0. The largest absolute Gasteiger partial charge is 0.465 e. The zero-order valence-electron chi connectivity index (χ0n) is 21.0. The van der Waals surface area contributed by atoms with Gasteiger partial charge in [0, 0.05) is 38.9 Å². The van der Waals surface area contributed by atoms with Gasteiger partial charge in [0.25, 0.3) is 11.5 Å². The van der Waals surface area contributed by atoms with Crippen LogP contribution < -0.4 is 21.9 Å². The second-order valence-electron chi connectivity index (χ2n) is 8.87. The average Bonchev–Trinajstić information content (AvgIpc) is 2.88. The molecule has 2 heterocycles. The van der Waals surface area contributed by atoms with Gasteiger partial charge in [0.05, 0.1) is 36.7 Å². The summed E-state index contributed by atoms with van der Waals surface area (Å²) in [7, 11) is 1.52. The minimum atomic E-state index is -0.640. The van der Waals surface area contributed by atoms with Gasteiger partial charge in [0.15, 0.2) is 0 Å². The van der Waals surface area contributed by atoms with Crippen molar-refractivity contribution in [2.24, 2.45) is 0 Å². The van der Waals surface area contributed by atoms with Crippen LogP contribution in [0, 0.1) is 0 Å². The molecule has 6 N–H and O–H groups in total. The number of methoxy groups -OCH3 is 1.